The average molecular weight is 510 g/mol. The molecule has 1 aromatic rings. The van der Waals surface area contributed by atoms with Gasteiger partial charge < -0.3 is 32.5 Å². The van der Waals surface area contributed by atoms with Crippen molar-refractivity contribution in [3.8, 4) is 0 Å². The molecule has 0 spiro atoms. The van der Waals surface area contributed by atoms with Gasteiger partial charge in [0.25, 0.3) is 0 Å². The van der Waals surface area contributed by atoms with Crippen LogP contribution in [0.2, 0.25) is 0 Å². The first-order valence-corrected chi connectivity index (χ1v) is 12.5. The molecule has 4 atom stereocenters. The van der Waals surface area contributed by atoms with Gasteiger partial charge in [-0.2, -0.15) is 12.6 Å². The number of nitrogens with one attached hydrogen (secondary N) is 3. The third-order valence-corrected chi connectivity index (χ3v) is 5.72. The Bertz CT molecular complexity index is 824. The number of aliphatic carboxylic acids is 1. The quantitative estimate of drug-likeness (QED) is 0.123. The zero-order valence-corrected chi connectivity index (χ0v) is 21.3. The Kier molecular flexibility index (Phi) is 14.0. The normalized spacial score (nSPS) is 14.5. The fourth-order valence-electron chi connectivity index (χ4n) is 3.43. The fourth-order valence-corrected chi connectivity index (χ4v) is 3.68. The minimum atomic E-state index is -1.22. The molecule has 0 aliphatic rings. The van der Waals surface area contributed by atoms with Crippen LogP contribution in [0.15, 0.2) is 30.3 Å². The molecule has 0 aliphatic heterocycles. The second-order valence-electron chi connectivity index (χ2n) is 8.91. The minimum absolute atomic E-state index is 0.0369. The van der Waals surface area contributed by atoms with Gasteiger partial charge in [0.05, 0.1) is 6.04 Å². The van der Waals surface area contributed by atoms with Crippen molar-refractivity contribution in [2.24, 2.45) is 17.4 Å². The number of amides is 3. The maximum Gasteiger partial charge on any atom is 0.327 e. The van der Waals surface area contributed by atoms with E-state index in [1.807, 2.05) is 44.2 Å². The molecule has 0 saturated heterocycles. The fraction of sp³-hybridized carbons (Fsp3) is 0.583. The molecule has 1 aromatic carbocycles. The molecule has 4 unspecified atom stereocenters. The molecule has 1 rings (SSSR count). The second-order valence-corrected chi connectivity index (χ2v) is 9.28. The highest BCUT2D eigenvalue weighted by molar-refractivity contribution is 7.80. The Morgan fingerprint density at radius 1 is 0.914 bits per heavy atom. The van der Waals surface area contributed by atoms with Crippen LogP contribution >= 0.6 is 12.6 Å². The largest absolute Gasteiger partial charge is 0.480 e. The van der Waals surface area contributed by atoms with Gasteiger partial charge in [0.15, 0.2) is 0 Å². The summed E-state index contributed by atoms with van der Waals surface area (Å²) in [6.07, 6.45) is 2.16. The van der Waals surface area contributed by atoms with Gasteiger partial charge in [-0.25, -0.2) is 4.79 Å². The molecular weight excluding hydrogens is 470 g/mol. The van der Waals surface area contributed by atoms with Gasteiger partial charge >= 0.3 is 5.97 Å². The second kappa shape index (κ2) is 16.1. The van der Waals surface area contributed by atoms with Crippen LogP contribution in [0.25, 0.3) is 0 Å². The summed E-state index contributed by atoms with van der Waals surface area (Å²) in [5.41, 5.74) is 12.5. The van der Waals surface area contributed by atoms with Crippen LogP contribution < -0.4 is 27.4 Å². The van der Waals surface area contributed by atoms with Gasteiger partial charge in [-0.1, -0.05) is 44.2 Å². The Hall–Kier alpha value is -2.63. The van der Waals surface area contributed by atoms with Crippen molar-refractivity contribution in [2.75, 3.05) is 12.3 Å². The maximum atomic E-state index is 13.1. The van der Waals surface area contributed by atoms with E-state index in [1.54, 1.807) is 0 Å². The number of rotatable bonds is 16. The van der Waals surface area contributed by atoms with E-state index >= 15 is 0 Å². The smallest absolute Gasteiger partial charge is 0.327 e. The summed E-state index contributed by atoms with van der Waals surface area (Å²) in [5, 5.41) is 17.0. The summed E-state index contributed by atoms with van der Waals surface area (Å²) in [7, 11) is 0. The number of hydrogen-bond acceptors (Lipinski definition) is 7. The molecule has 8 N–H and O–H groups in total. The van der Waals surface area contributed by atoms with Crippen molar-refractivity contribution in [1.29, 1.82) is 0 Å². The maximum absolute atomic E-state index is 13.1. The SMILES string of the molecule is CC(C)CC(NC(=O)C(CCCCN)NC(=O)C(N)Cc1ccccc1)C(=O)NC(CS)C(=O)O. The van der Waals surface area contributed by atoms with E-state index in [0.29, 0.717) is 32.2 Å². The molecule has 0 aromatic heterocycles. The van der Waals surface area contributed by atoms with Crippen LogP contribution in [0, 0.1) is 5.92 Å². The Balaban J connectivity index is 2.93. The van der Waals surface area contributed by atoms with E-state index < -0.39 is 47.9 Å². The third-order valence-electron chi connectivity index (χ3n) is 5.35. The van der Waals surface area contributed by atoms with Gasteiger partial charge in [0.2, 0.25) is 17.7 Å². The summed E-state index contributed by atoms with van der Waals surface area (Å²) in [6, 6.07) is 5.36. The number of unbranched alkanes of at least 4 members (excludes halogenated alkanes) is 1. The number of benzene rings is 1. The van der Waals surface area contributed by atoms with Gasteiger partial charge in [-0.15, -0.1) is 0 Å². The first-order chi connectivity index (χ1) is 16.6. The van der Waals surface area contributed by atoms with Crippen molar-refractivity contribution < 1.29 is 24.3 Å². The molecule has 0 heterocycles. The summed E-state index contributed by atoms with van der Waals surface area (Å²) < 4.78 is 0. The molecule has 196 valence electrons. The number of carboxylic acids is 1. The molecule has 3 amide bonds. The van der Waals surface area contributed by atoms with Gasteiger partial charge in [-0.05, 0) is 50.1 Å². The highest BCUT2D eigenvalue weighted by Gasteiger charge is 2.30. The Morgan fingerprint density at radius 2 is 1.49 bits per heavy atom. The molecule has 11 heteroatoms. The molecule has 0 aliphatic carbocycles. The number of carboxylic acid groups (broad SMARTS) is 1. The molecule has 0 fully saturated rings. The lowest BCUT2D eigenvalue weighted by Gasteiger charge is -2.26. The van der Waals surface area contributed by atoms with Crippen LogP contribution in [0.4, 0.5) is 0 Å². The summed E-state index contributed by atoms with van der Waals surface area (Å²) in [5.74, 6) is -2.92. The third kappa shape index (κ3) is 11.6. The Morgan fingerprint density at radius 3 is 2.03 bits per heavy atom. The zero-order chi connectivity index (χ0) is 26.4. The molecule has 0 radical (unpaired) electrons. The van der Waals surface area contributed by atoms with Crippen LogP contribution in [0.1, 0.15) is 45.1 Å². The predicted octanol–water partition coefficient (Wildman–Crippen LogP) is 0.200. The monoisotopic (exact) mass is 509 g/mol. The van der Waals surface area contributed by atoms with Crippen LogP contribution in [0.5, 0.6) is 0 Å². The van der Waals surface area contributed by atoms with Crippen molar-refractivity contribution in [1.82, 2.24) is 16.0 Å². The number of nitrogens with two attached hydrogens (primary N) is 2. The lowest BCUT2D eigenvalue weighted by molar-refractivity contribution is -0.141. The highest BCUT2D eigenvalue weighted by atomic mass is 32.1. The predicted molar refractivity (Wildman–Crippen MR) is 138 cm³/mol. The van der Waals surface area contributed by atoms with E-state index in [0.717, 1.165) is 5.56 Å². The summed E-state index contributed by atoms with van der Waals surface area (Å²) in [6.45, 7) is 4.19. The number of carbonyl (C=O) groups excluding carboxylic acids is 3. The van der Waals surface area contributed by atoms with Gasteiger partial charge in [0.1, 0.15) is 18.1 Å². The standard InChI is InChI=1S/C24H39N5O5S/c1-15(2)12-19(23(32)29-20(14-35)24(33)34)28-22(31)18(10-6-7-11-25)27-21(30)17(26)13-16-8-4-3-5-9-16/h3-5,8-9,15,17-20,35H,6-7,10-14,25-26H2,1-2H3,(H,27,30)(H,28,31)(H,29,32)(H,33,34). The lowest BCUT2D eigenvalue weighted by Crippen LogP contribution is -2.57. The number of carbonyl (C=O) groups is 4. The van der Waals surface area contributed by atoms with E-state index in [1.165, 1.54) is 0 Å². The average Bonchev–Trinajstić information content (AvgIpc) is 2.81. The van der Waals surface area contributed by atoms with Crippen molar-refractivity contribution in [3.05, 3.63) is 35.9 Å². The minimum Gasteiger partial charge on any atom is -0.480 e. The molecule has 35 heavy (non-hydrogen) atoms. The van der Waals surface area contributed by atoms with E-state index in [2.05, 4.69) is 28.6 Å². The van der Waals surface area contributed by atoms with Crippen LogP contribution in [0.3, 0.4) is 0 Å². The number of hydrogen-bond donors (Lipinski definition) is 7. The number of thiol groups is 1. The van der Waals surface area contributed by atoms with Crippen molar-refractivity contribution in [3.63, 3.8) is 0 Å². The molecule has 10 nitrogen and oxygen atoms in total. The van der Waals surface area contributed by atoms with Crippen molar-refractivity contribution >= 4 is 36.3 Å². The first-order valence-electron chi connectivity index (χ1n) is 11.8. The first kappa shape index (κ1) is 30.4. The van der Waals surface area contributed by atoms with Gasteiger partial charge in [0, 0.05) is 5.75 Å². The summed E-state index contributed by atoms with van der Waals surface area (Å²) >= 11 is 3.96. The highest BCUT2D eigenvalue weighted by Crippen LogP contribution is 2.09. The van der Waals surface area contributed by atoms with Crippen molar-refractivity contribution in [2.45, 2.75) is 70.1 Å². The van der Waals surface area contributed by atoms with Gasteiger partial charge in [-0.3, -0.25) is 14.4 Å². The lowest BCUT2D eigenvalue weighted by atomic mass is 10.0. The molecular formula is C24H39N5O5S. The van der Waals surface area contributed by atoms with E-state index in [4.69, 9.17) is 11.5 Å². The van der Waals surface area contributed by atoms with Crippen LogP contribution in [-0.4, -0.2) is 65.3 Å². The summed E-state index contributed by atoms with van der Waals surface area (Å²) in [4.78, 5) is 49.9. The van der Waals surface area contributed by atoms with E-state index in [-0.39, 0.29) is 18.1 Å². The van der Waals surface area contributed by atoms with Crippen LogP contribution in [-0.2, 0) is 25.6 Å². The molecule has 0 bridgehead atoms. The topological polar surface area (TPSA) is 177 Å². The Labute approximate surface area is 212 Å². The zero-order valence-electron chi connectivity index (χ0n) is 20.4. The molecule has 0 saturated carbocycles. The van der Waals surface area contributed by atoms with E-state index in [9.17, 15) is 24.3 Å².